The summed E-state index contributed by atoms with van der Waals surface area (Å²) in [6, 6.07) is 9.86. The van der Waals surface area contributed by atoms with Crippen LogP contribution in [0.3, 0.4) is 0 Å². The summed E-state index contributed by atoms with van der Waals surface area (Å²) in [6.07, 6.45) is 2.89. The molecule has 2 saturated heterocycles. The Morgan fingerprint density at radius 3 is 2.62 bits per heavy atom. The van der Waals surface area contributed by atoms with Gasteiger partial charge in [-0.05, 0) is 44.8 Å². The summed E-state index contributed by atoms with van der Waals surface area (Å²) in [6.45, 7) is 5.69. The smallest absolute Gasteiger partial charge is 0.248 e. The highest BCUT2D eigenvalue weighted by Crippen LogP contribution is 2.37. The number of nitrogens with zero attached hydrogens (tertiary/aromatic N) is 2. The molecule has 2 atom stereocenters. The van der Waals surface area contributed by atoms with E-state index in [1.54, 1.807) is 0 Å². The second kappa shape index (κ2) is 7.64. The molecule has 5 nitrogen and oxygen atoms in total. The highest BCUT2D eigenvalue weighted by atomic mass is 16.5. The van der Waals surface area contributed by atoms with Gasteiger partial charge in [-0.1, -0.05) is 30.3 Å². The van der Waals surface area contributed by atoms with Crippen molar-refractivity contribution in [3.63, 3.8) is 0 Å². The van der Waals surface area contributed by atoms with Crippen molar-refractivity contribution in [2.45, 2.75) is 37.8 Å². The Balaban J connectivity index is 1.81. The van der Waals surface area contributed by atoms with Gasteiger partial charge in [0.05, 0.1) is 6.04 Å². The van der Waals surface area contributed by atoms with Gasteiger partial charge in [0, 0.05) is 19.7 Å². The van der Waals surface area contributed by atoms with E-state index in [0.29, 0.717) is 26.1 Å². The number of ether oxygens (including phenoxy) is 1. The predicted molar refractivity (Wildman–Crippen MR) is 92.6 cm³/mol. The maximum Gasteiger partial charge on any atom is 0.248 e. The van der Waals surface area contributed by atoms with E-state index in [9.17, 15) is 9.90 Å². The lowest BCUT2D eigenvalue weighted by Crippen LogP contribution is -2.61. The zero-order chi connectivity index (χ0) is 17.0. The van der Waals surface area contributed by atoms with Crippen molar-refractivity contribution < 1.29 is 14.6 Å². The van der Waals surface area contributed by atoms with Crippen LogP contribution in [0.4, 0.5) is 0 Å². The van der Waals surface area contributed by atoms with E-state index in [-0.39, 0.29) is 18.6 Å². The first kappa shape index (κ1) is 17.4. The minimum atomic E-state index is -0.895. The van der Waals surface area contributed by atoms with Crippen LogP contribution in [0.2, 0.25) is 0 Å². The summed E-state index contributed by atoms with van der Waals surface area (Å²) in [5.41, 5.74) is 0.0624. The van der Waals surface area contributed by atoms with Crippen LogP contribution in [0.25, 0.3) is 0 Å². The highest BCUT2D eigenvalue weighted by molar-refractivity contribution is 5.77. The van der Waals surface area contributed by atoms with Crippen molar-refractivity contribution in [3.8, 4) is 0 Å². The zero-order valence-corrected chi connectivity index (χ0v) is 14.5. The summed E-state index contributed by atoms with van der Waals surface area (Å²) >= 11 is 0. The fraction of sp³-hybridized carbons (Fsp3) is 0.632. The number of piperidine rings is 1. The summed E-state index contributed by atoms with van der Waals surface area (Å²) < 4.78 is 5.28. The van der Waals surface area contributed by atoms with Crippen molar-refractivity contribution in [2.75, 3.05) is 39.4 Å². The average Bonchev–Trinajstić information content (AvgIpc) is 3.15. The van der Waals surface area contributed by atoms with Gasteiger partial charge in [0.25, 0.3) is 0 Å². The molecule has 0 bridgehead atoms. The number of carbonyl (C=O) groups excluding carboxylic acids is 1. The molecule has 0 spiro atoms. The van der Waals surface area contributed by atoms with E-state index in [4.69, 9.17) is 4.74 Å². The van der Waals surface area contributed by atoms with Gasteiger partial charge >= 0.3 is 0 Å². The summed E-state index contributed by atoms with van der Waals surface area (Å²) in [7, 11) is 0. The summed E-state index contributed by atoms with van der Waals surface area (Å²) in [5, 5.41) is 11.5. The number of amides is 1. The number of benzene rings is 1. The second-order valence-electron chi connectivity index (χ2n) is 6.78. The van der Waals surface area contributed by atoms with Crippen molar-refractivity contribution in [1.82, 2.24) is 9.80 Å². The first-order chi connectivity index (χ1) is 11.6. The molecule has 2 heterocycles. The van der Waals surface area contributed by atoms with E-state index in [2.05, 4.69) is 4.90 Å². The molecule has 132 valence electrons. The molecule has 0 saturated carbocycles. The molecule has 0 aliphatic carbocycles. The highest BCUT2D eigenvalue weighted by Gasteiger charge is 2.47. The van der Waals surface area contributed by atoms with Gasteiger partial charge in [0.1, 0.15) is 12.2 Å². The molecule has 0 radical (unpaired) electrons. The molecular weight excluding hydrogens is 304 g/mol. The van der Waals surface area contributed by atoms with Crippen molar-refractivity contribution in [3.05, 3.63) is 35.9 Å². The predicted octanol–water partition coefficient (Wildman–Crippen LogP) is 1.61. The molecule has 5 heteroatoms. The van der Waals surface area contributed by atoms with Crippen LogP contribution < -0.4 is 0 Å². The Labute approximate surface area is 144 Å². The van der Waals surface area contributed by atoms with Gasteiger partial charge in [-0.25, -0.2) is 0 Å². The van der Waals surface area contributed by atoms with Crippen molar-refractivity contribution in [1.29, 1.82) is 0 Å². The first-order valence-corrected chi connectivity index (χ1v) is 9.02. The number of hydrogen-bond donors (Lipinski definition) is 1. The Kier molecular flexibility index (Phi) is 5.54. The molecule has 0 aromatic heterocycles. The van der Waals surface area contributed by atoms with E-state index in [1.807, 2.05) is 42.2 Å². The minimum Gasteiger partial charge on any atom is -0.383 e. The standard InChI is InChI=1S/C19H28N2O3/c1-2-24-15-18(22)21-13-10-19(23,16-8-4-3-5-9-16)17(14-21)20-11-6-7-12-20/h3-5,8-9,17,23H,2,6-7,10-15H2,1H3/t17-,19-/m1/s1. The zero-order valence-electron chi connectivity index (χ0n) is 14.5. The Bertz CT molecular complexity index is 545. The molecule has 1 amide bonds. The van der Waals surface area contributed by atoms with E-state index < -0.39 is 5.60 Å². The average molecular weight is 332 g/mol. The van der Waals surface area contributed by atoms with Crippen LogP contribution in [0, 0.1) is 0 Å². The van der Waals surface area contributed by atoms with Gasteiger partial charge in [0.15, 0.2) is 0 Å². The van der Waals surface area contributed by atoms with Gasteiger partial charge in [-0.3, -0.25) is 9.69 Å². The summed E-state index contributed by atoms with van der Waals surface area (Å²) in [4.78, 5) is 16.6. The van der Waals surface area contributed by atoms with Crippen molar-refractivity contribution >= 4 is 5.91 Å². The molecule has 1 aromatic rings. The molecule has 2 aliphatic heterocycles. The molecular formula is C19H28N2O3. The Hall–Kier alpha value is -1.43. The lowest BCUT2D eigenvalue weighted by Gasteiger charge is -2.48. The Morgan fingerprint density at radius 1 is 1.25 bits per heavy atom. The maximum atomic E-state index is 12.4. The van der Waals surface area contributed by atoms with Crippen molar-refractivity contribution in [2.24, 2.45) is 0 Å². The van der Waals surface area contributed by atoms with E-state index in [1.165, 1.54) is 0 Å². The molecule has 0 unspecified atom stereocenters. The quantitative estimate of drug-likeness (QED) is 0.890. The fourth-order valence-corrected chi connectivity index (χ4v) is 3.96. The lowest BCUT2D eigenvalue weighted by molar-refractivity contribution is -0.147. The largest absolute Gasteiger partial charge is 0.383 e. The normalized spacial score (nSPS) is 28.2. The van der Waals surface area contributed by atoms with Gasteiger partial charge in [-0.2, -0.15) is 0 Å². The third-order valence-corrected chi connectivity index (χ3v) is 5.34. The molecule has 2 fully saturated rings. The van der Waals surface area contributed by atoms with Crippen LogP contribution in [0.15, 0.2) is 30.3 Å². The van der Waals surface area contributed by atoms with Crippen LogP contribution >= 0.6 is 0 Å². The van der Waals surface area contributed by atoms with Gasteiger partial charge < -0.3 is 14.7 Å². The van der Waals surface area contributed by atoms with Crippen LogP contribution in [-0.2, 0) is 15.1 Å². The topological polar surface area (TPSA) is 53.0 Å². The first-order valence-electron chi connectivity index (χ1n) is 9.02. The van der Waals surface area contributed by atoms with Gasteiger partial charge in [0.2, 0.25) is 5.91 Å². The second-order valence-corrected chi connectivity index (χ2v) is 6.78. The minimum absolute atomic E-state index is 0.0242. The number of aliphatic hydroxyl groups is 1. The number of hydrogen-bond acceptors (Lipinski definition) is 4. The SMILES string of the molecule is CCOCC(=O)N1CC[C@@](O)(c2ccccc2)[C@H](N2CCCC2)C1. The lowest BCUT2D eigenvalue weighted by atomic mass is 9.79. The van der Waals surface area contributed by atoms with E-state index >= 15 is 0 Å². The van der Waals surface area contributed by atoms with Gasteiger partial charge in [-0.15, -0.1) is 0 Å². The van der Waals surface area contributed by atoms with Crippen LogP contribution in [0.1, 0.15) is 31.7 Å². The van der Waals surface area contributed by atoms with Crippen LogP contribution in [0.5, 0.6) is 0 Å². The fourth-order valence-electron chi connectivity index (χ4n) is 3.96. The Morgan fingerprint density at radius 2 is 1.96 bits per heavy atom. The molecule has 24 heavy (non-hydrogen) atoms. The number of likely N-dealkylation sites (tertiary alicyclic amines) is 2. The molecule has 2 aliphatic rings. The molecule has 3 rings (SSSR count). The van der Waals surface area contributed by atoms with E-state index in [0.717, 1.165) is 31.5 Å². The third-order valence-electron chi connectivity index (χ3n) is 5.34. The molecule has 1 aromatic carbocycles. The van der Waals surface area contributed by atoms with Crippen LogP contribution in [-0.4, -0.2) is 66.2 Å². The number of rotatable bonds is 5. The third kappa shape index (κ3) is 3.48. The monoisotopic (exact) mass is 332 g/mol. The summed E-state index contributed by atoms with van der Waals surface area (Å²) in [5.74, 6) is 0.0242. The number of carbonyl (C=O) groups is 1. The maximum absolute atomic E-state index is 12.4. The molecule has 1 N–H and O–H groups in total.